The van der Waals surface area contributed by atoms with E-state index in [4.69, 9.17) is 4.74 Å². The molecule has 4 heteroatoms. The van der Waals surface area contributed by atoms with Gasteiger partial charge < -0.3 is 15.0 Å². The number of rotatable bonds is 4. The summed E-state index contributed by atoms with van der Waals surface area (Å²) >= 11 is 0. The Morgan fingerprint density at radius 1 is 1.47 bits per heavy atom. The lowest BCUT2D eigenvalue weighted by Crippen LogP contribution is -2.48. The summed E-state index contributed by atoms with van der Waals surface area (Å²) in [6.07, 6.45) is 2.26. The van der Waals surface area contributed by atoms with Crippen LogP contribution in [0.2, 0.25) is 0 Å². The second-order valence-corrected chi connectivity index (χ2v) is 5.41. The molecule has 2 heterocycles. The van der Waals surface area contributed by atoms with Crippen molar-refractivity contribution in [2.45, 2.75) is 46.4 Å². The molecule has 0 spiro atoms. The molecule has 1 fully saturated rings. The van der Waals surface area contributed by atoms with Crippen molar-refractivity contribution in [2.75, 3.05) is 24.6 Å². The molecule has 0 aromatic carbocycles. The van der Waals surface area contributed by atoms with E-state index in [1.807, 2.05) is 6.20 Å². The topological polar surface area (TPSA) is 37.4 Å². The Kier molecular flexibility index (Phi) is 4.77. The molecule has 1 saturated heterocycles. The molecule has 1 N–H and O–H groups in total. The molecule has 0 saturated carbocycles. The highest BCUT2D eigenvalue weighted by atomic mass is 16.5. The smallest absolute Gasteiger partial charge is 0.131 e. The Morgan fingerprint density at radius 3 is 2.95 bits per heavy atom. The number of anilines is 1. The summed E-state index contributed by atoms with van der Waals surface area (Å²) in [6.45, 7) is 12.1. The SMILES string of the molecule is CCNCc1cnc(N2CC(C)OCC2C)c(C)c1. The maximum absolute atomic E-state index is 5.68. The first-order valence-electron chi connectivity index (χ1n) is 7.16. The number of ether oxygens (including phenoxy) is 1. The zero-order valence-corrected chi connectivity index (χ0v) is 12.4. The highest BCUT2D eigenvalue weighted by molar-refractivity contribution is 5.48. The fourth-order valence-electron chi connectivity index (χ4n) is 2.49. The van der Waals surface area contributed by atoms with E-state index in [0.29, 0.717) is 6.04 Å². The normalized spacial score (nSPS) is 23.7. The van der Waals surface area contributed by atoms with E-state index in [2.05, 4.69) is 49.0 Å². The Bertz CT molecular complexity index is 422. The number of morpholine rings is 1. The summed E-state index contributed by atoms with van der Waals surface area (Å²) in [5.74, 6) is 1.10. The van der Waals surface area contributed by atoms with Crippen molar-refractivity contribution in [3.05, 3.63) is 23.4 Å². The highest BCUT2D eigenvalue weighted by Crippen LogP contribution is 2.23. The Labute approximate surface area is 116 Å². The number of pyridine rings is 1. The van der Waals surface area contributed by atoms with Gasteiger partial charge in [0.2, 0.25) is 0 Å². The number of nitrogens with zero attached hydrogens (tertiary/aromatic N) is 2. The van der Waals surface area contributed by atoms with Gasteiger partial charge in [0.1, 0.15) is 5.82 Å². The van der Waals surface area contributed by atoms with Gasteiger partial charge in [-0.25, -0.2) is 4.98 Å². The molecule has 0 bridgehead atoms. The van der Waals surface area contributed by atoms with Crippen molar-refractivity contribution in [3.8, 4) is 0 Å². The van der Waals surface area contributed by atoms with Crippen LogP contribution < -0.4 is 10.2 Å². The van der Waals surface area contributed by atoms with E-state index in [9.17, 15) is 0 Å². The largest absolute Gasteiger partial charge is 0.375 e. The van der Waals surface area contributed by atoms with Gasteiger partial charge in [0.25, 0.3) is 0 Å². The molecule has 1 aliphatic rings. The van der Waals surface area contributed by atoms with Crippen LogP contribution in [-0.2, 0) is 11.3 Å². The Hall–Kier alpha value is -1.13. The minimum atomic E-state index is 0.277. The number of aryl methyl sites for hydroxylation is 1. The van der Waals surface area contributed by atoms with Crippen LogP contribution in [-0.4, -0.2) is 36.8 Å². The monoisotopic (exact) mass is 263 g/mol. The van der Waals surface area contributed by atoms with Gasteiger partial charge in [-0.2, -0.15) is 0 Å². The fraction of sp³-hybridized carbons (Fsp3) is 0.667. The summed E-state index contributed by atoms with van der Waals surface area (Å²) in [6, 6.07) is 2.62. The zero-order chi connectivity index (χ0) is 13.8. The van der Waals surface area contributed by atoms with Gasteiger partial charge in [-0.1, -0.05) is 6.92 Å². The summed E-state index contributed by atoms with van der Waals surface area (Å²) in [4.78, 5) is 7.03. The van der Waals surface area contributed by atoms with Crippen LogP contribution >= 0.6 is 0 Å². The molecule has 19 heavy (non-hydrogen) atoms. The second kappa shape index (κ2) is 6.35. The van der Waals surface area contributed by atoms with Crippen molar-refractivity contribution in [1.29, 1.82) is 0 Å². The second-order valence-electron chi connectivity index (χ2n) is 5.41. The summed E-state index contributed by atoms with van der Waals surface area (Å²) in [5, 5.41) is 3.33. The van der Waals surface area contributed by atoms with E-state index < -0.39 is 0 Å². The number of nitrogens with one attached hydrogen (secondary N) is 1. The van der Waals surface area contributed by atoms with E-state index in [-0.39, 0.29) is 6.10 Å². The van der Waals surface area contributed by atoms with E-state index >= 15 is 0 Å². The average molecular weight is 263 g/mol. The summed E-state index contributed by atoms with van der Waals surface area (Å²) in [7, 11) is 0. The van der Waals surface area contributed by atoms with E-state index in [1.54, 1.807) is 0 Å². The minimum Gasteiger partial charge on any atom is -0.375 e. The third-order valence-electron chi connectivity index (χ3n) is 3.57. The first-order valence-corrected chi connectivity index (χ1v) is 7.16. The Balaban J connectivity index is 2.15. The van der Waals surface area contributed by atoms with Crippen LogP contribution in [0.4, 0.5) is 5.82 Å². The van der Waals surface area contributed by atoms with Gasteiger partial charge in [0, 0.05) is 19.3 Å². The van der Waals surface area contributed by atoms with Crippen LogP contribution in [0.3, 0.4) is 0 Å². The lowest BCUT2D eigenvalue weighted by Gasteiger charge is -2.38. The third kappa shape index (κ3) is 3.45. The van der Waals surface area contributed by atoms with Crippen LogP contribution in [0.5, 0.6) is 0 Å². The van der Waals surface area contributed by atoms with Crippen LogP contribution in [0.15, 0.2) is 12.3 Å². The number of aromatic nitrogens is 1. The van der Waals surface area contributed by atoms with Crippen molar-refractivity contribution < 1.29 is 4.74 Å². The lowest BCUT2D eigenvalue weighted by atomic mass is 10.1. The molecular formula is C15H25N3O. The van der Waals surface area contributed by atoms with Crippen molar-refractivity contribution in [2.24, 2.45) is 0 Å². The van der Waals surface area contributed by atoms with Gasteiger partial charge in [-0.05, 0) is 44.5 Å². The van der Waals surface area contributed by atoms with Crippen molar-refractivity contribution >= 4 is 5.82 Å². The average Bonchev–Trinajstić information content (AvgIpc) is 2.40. The molecule has 0 radical (unpaired) electrons. The number of hydrogen-bond donors (Lipinski definition) is 1. The predicted molar refractivity (Wildman–Crippen MR) is 78.6 cm³/mol. The van der Waals surface area contributed by atoms with E-state index in [0.717, 1.165) is 32.1 Å². The van der Waals surface area contributed by atoms with Crippen LogP contribution in [0.1, 0.15) is 31.9 Å². The molecule has 2 rings (SSSR count). The van der Waals surface area contributed by atoms with Gasteiger partial charge in [0.15, 0.2) is 0 Å². The minimum absolute atomic E-state index is 0.277. The molecular weight excluding hydrogens is 238 g/mol. The summed E-state index contributed by atoms with van der Waals surface area (Å²) < 4.78 is 5.68. The van der Waals surface area contributed by atoms with Gasteiger partial charge in [-0.3, -0.25) is 0 Å². The van der Waals surface area contributed by atoms with Crippen molar-refractivity contribution in [1.82, 2.24) is 10.3 Å². The molecule has 2 atom stereocenters. The van der Waals surface area contributed by atoms with Crippen LogP contribution in [0.25, 0.3) is 0 Å². The number of hydrogen-bond acceptors (Lipinski definition) is 4. The highest BCUT2D eigenvalue weighted by Gasteiger charge is 2.25. The first-order chi connectivity index (χ1) is 9.11. The maximum atomic E-state index is 5.68. The van der Waals surface area contributed by atoms with Gasteiger partial charge >= 0.3 is 0 Å². The molecule has 0 amide bonds. The van der Waals surface area contributed by atoms with Gasteiger partial charge in [-0.15, -0.1) is 0 Å². The first kappa shape index (κ1) is 14.3. The van der Waals surface area contributed by atoms with Crippen LogP contribution in [0, 0.1) is 6.92 Å². The molecule has 1 aromatic rings. The molecule has 4 nitrogen and oxygen atoms in total. The summed E-state index contributed by atoms with van der Waals surface area (Å²) in [5.41, 5.74) is 2.49. The fourth-order valence-corrected chi connectivity index (χ4v) is 2.49. The standard InChI is InChI=1S/C15H25N3O/c1-5-16-7-14-6-11(2)15(17-8-14)18-9-13(4)19-10-12(18)3/h6,8,12-13,16H,5,7,9-10H2,1-4H3. The third-order valence-corrected chi connectivity index (χ3v) is 3.57. The lowest BCUT2D eigenvalue weighted by molar-refractivity contribution is 0.0340. The zero-order valence-electron chi connectivity index (χ0n) is 12.4. The quantitative estimate of drug-likeness (QED) is 0.903. The van der Waals surface area contributed by atoms with E-state index in [1.165, 1.54) is 11.1 Å². The Morgan fingerprint density at radius 2 is 2.26 bits per heavy atom. The molecule has 0 aliphatic carbocycles. The molecule has 2 unspecified atom stereocenters. The van der Waals surface area contributed by atoms with Gasteiger partial charge in [0.05, 0.1) is 18.8 Å². The molecule has 106 valence electrons. The molecule has 1 aromatic heterocycles. The van der Waals surface area contributed by atoms with Crippen molar-refractivity contribution in [3.63, 3.8) is 0 Å². The predicted octanol–water partition coefficient (Wildman–Crippen LogP) is 2.11. The maximum Gasteiger partial charge on any atom is 0.131 e. The molecule has 1 aliphatic heterocycles.